The Labute approximate surface area is 189 Å². The Morgan fingerprint density at radius 3 is 2.09 bits per heavy atom. The molecule has 0 bridgehead atoms. The van der Waals surface area contributed by atoms with E-state index in [1.807, 2.05) is 91.0 Å². The molecule has 0 atom stereocenters. The summed E-state index contributed by atoms with van der Waals surface area (Å²) in [7, 11) is 3.55. The molecule has 0 N–H and O–H groups in total. The van der Waals surface area contributed by atoms with E-state index in [0.717, 1.165) is 39.0 Å². The molecule has 4 nitrogen and oxygen atoms in total. The van der Waals surface area contributed by atoms with Gasteiger partial charge in [0.05, 0.1) is 6.42 Å². The highest BCUT2D eigenvalue weighted by atomic mass is 16.5. The Balaban J connectivity index is 1.45. The van der Waals surface area contributed by atoms with E-state index in [2.05, 4.69) is 0 Å². The van der Waals surface area contributed by atoms with Crippen LogP contribution in [0, 0.1) is 0 Å². The summed E-state index contributed by atoms with van der Waals surface area (Å²) in [5.41, 5.74) is 3.16. The van der Waals surface area contributed by atoms with E-state index in [4.69, 9.17) is 9.47 Å². The number of benzene rings is 4. The monoisotopic (exact) mass is 425 g/mol. The van der Waals surface area contributed by atoms with Gasteiger partial charge in [-0.25, -0.2) is 0 Å². The summed E-state index contributed by atoms with van der Waals surface area (Å²) in [4.78, 5) is 13.9. The fraction of sp³-hybridized carbons (Fsp3) is 0.179. The molecule has 4 rings (SSSR count). The summed E-state index contributed by atoms with van der Waals surface area (Å²) in [6.07, 6.45) is 0.345. The predicted molar refractivity (Wildman–Crippen MR) is 128 cm³/mol. The molecule has 1 amide bonds. The van der Waals surface area contributed by atoms with Gasteiger partial charge < -0.3 is 14.4 Å². The number of likely N-dealkylation sites (N-methyl/N-ethyl adjacent to an activating group) is 1. The Morgan fingerprint density at radius 2 is 1.38 bits per heavy atom. The molecule has 0 aromatic heterocycles. The number of ether oxygens (including phenoxy) is 2. The van der Waals surface area contributed by atoms with Crippen molar-refractivity contribution < 1.29 is 14.3 Å². The van der Waals surface area contributed by atoms with E-state index in [1.165, 1.54) is 0 Å². The summed E-state index contributed by atoms with van der Waals surface area (Å²) < 4.78 is 12.1. The second-order valence-electron chi connectivity index (χ2n) is 7.94. The zero-order valence-corrected chi connectivity index (χ0v) is 18.5. The number of amides is 1. The SMILES string of the molecule is CN(C)C(=O)Cc1cccc2cccc(OCc3ccc(OCc4ccccc4)cc3)c12. The normalized spacial score (nSPS) is 10.7. The number of rotatable bonds is 8. The van der Waals surface area contributed by atoms with E-state index in [1.54, 1.807) is 19.0 Å². The Kier molecular flexibility index (Phi) is 6.71. The second kappa shape index (κ2) is 10.0. The minimum Gasteiger partial charge on any atom is -0.489 e. The van der Waals surface area contributed by atoms with Gasteiger partial charge in [0, 0.05) is 19.5 Å². The highest BCUT2D eigenvalue weighted by Crippen LogP contribution is 2.30. The van der Waals surface area contributed by atoms with Gasteiger partial charge in [-0.15, -0.1) is 0 Å². The fourth-order valence-corrected chi connectivity index (χ4v) is 3.55. The van der Waals surface area contributed by atoms with Crippen LogP contribution in [0.15, 0.2) is 91.0 Å². The molecule has 0 unspecified atom stereocenters. The first-order valence-corrected chi connectivity index (χ1v) is 10.7. The van der Waals surface area contributed by atoms with Crippen LogP contribution in [0.2, 0.25) is 0 Å². The molecule has 0 spiro atoms. The van der Waals surface area contributed by atoms with E-state index in [-0.39, 0.29) is 5.91 Å². The van der Waals surface area contributed by atoms with E-state index in [0.29, 0.717) is 19.6 Å². The van der Waals surface area contributed by atoms with Gasteiger partial charge in [-0.1, -0.05) is 72.8 Å². The molecule has 0 fully saturated rings. The van der Waals surface area contributed by atoms with Gasteiger partial charge in [0.25, 0.3) is 0 Å². The van der Waals surface area contributed by atoms with Crippen molar-refractivity contribution >= 4 is 16.7 Å². The standard InChI is InChI=1S/C28H27NO3/c1-29(2)27(30)18-24-12-6-10-23-11-7-13-26(28(23)24)32-20-22-14-16-25(17-15-22)31-19-21-8-4-3-5-9-21/h3-17H,18-20H2,1-2H3. The lowest BCUT2D eigenvalue weighted by Gasteiger charge is -2.15. The first-order chi connectivity index (χ1) is 15.6. The van der Waals surface area contributed by atoms with Crippen molar-refractivity contribution in [3.63, 3.8) is 0 Å². The average Bonchev–Trinajstić information content (AvgIpc) is 2.82. The van der Waals surface area contributed by atoms with Crippen LogP contribution < -0.4 is 9.47 Å². The topological polar surface area (TPSA) is 38.8 Å². The number of carbonyl (C=O) groups is 1. The summed E-state index contributed by atoms with van der Waals surface area (Å²) in [5.74, 6) is 1.68. The van der Waals surface area contributed by atoms with Gasteiger partial charge in [0.1, 0.15) is 24.7 Å². The second-order valence-corrected chi connectivity index (χ2v) is 7.94. The average molecular weight is 426 g/mol. The third-order valence-electron chi connectivity index (χ3n) is 5.36. The molecule has 0 aliphatic heterocycles. The van der Waals surface area contributed by atoms with Crippen LogP contribution >= 0.6 is 0 Å². The van der Waals surface area contributed by atoms with Crippen molar-refractivity contribution in [2.75, 3.05) is 14.1 Å². The molecule has 32 heavy (non-hydrogen) atoms. The van der Waals surface area contributed by atoms with Crippen molar-refractivity contribution in [3.8, 4) is 11.5 Å². The van der Waals surface area contributed by atoms with E-state index in [9.17, 15) is 4.79 Å². The maximum atomic E-state index is 12.3. The first-order valence-electron chi connectivity index (χ1n) is 10.7. The molecular formula is C28H27NO3. The van der Waals surface area contributed by atoms with Crippen LogP contribution in [0.5, 0.6) is 11.5 Å². The Bertz CT molecular complexity index is 1180. The maximum absolute atomic E-state index is 12.3. The van der Waals surface area contributed by atoms with Crippen molar-refractivity contribution in [1.29, 1.82) is 0 Å². The Morgan fingerprint density at radius 1 is 0.719 bits per heavy atom. The number of hydrogen-bond donors (Lipinski definition) is 0. The highest BCUT2D eigenvalue weighted by molar-refractivity contribution is 5.94. The Hall–Kier alpha value is -3.79. The lowest BCUT2D eigenvalue weighted by atomic mass is 10.0. The zero-order valence-electron chi connectivity index (χ0n) is 18.5. The molecule has 0 aliphatic carbocycles. The van der Waals surface area contributed by atoms with Crippen LogP contribution in [-0.2, 0) is 24.4 Å². The zero-order chi connectivity index (χ0) is 22.3. The van der Waals surface area contributed by atoms with Crippen molar-refractivity contribution in [3.05, 3.63) is 108 Å². The highest BCUT2D eigenvalue weighted by Gasteiger charge is 2.12. The molecule has 4 heteroatoms. The molecule has 4 aromatic rings. The summed E-state index contributed by atoms with van der Waals surface area (Å²) >= 11 is 0. The van der Waals surface area contributed by atoms with Gasteiger partial charge >= 0.3 is 0 Å². The lowest BCUT2D eigenvalue weighted by molar-refractivity contribution is -0.127. The molecule has 162 valence electrons. The van der Waals surface area contributed by atoms with Crippen LogP contribution in [0.25, 0.3) is 10.8 Å². The summed E-state index contributed by atoms with van der Waals surface area (Å²) in [5, 5.41) is 2.06. The van der Waals surface area contributed by atoms with Crippen molar-refractivity contribution in [1.82, 2.24) is 4.90 Å². The van der Waals surface area contributed by atoms with Crippen LogP contribution in [0.4, 0.5) is 0 Å². The van der Waals surface area contributed by atoms with Crippen molar-refractivity contribution in [2.45, 2.75) is 19.6 Å². The molecule has 0 saturated carbocycles. The third kappa shape index (κ3) is 5.27. The quantitative estimate of drug-likeness (QED) is 0.367. The molecule has 0 radical (unpaired) electrons. The lowest BCUT2D eigenvalue weighted by Crippen LogP contribution is -2.23. The van der Waals surface area contributed by atoms with Gasteiger partial charge in [0.2, 0.25) is 5.91 Å². The summed E-state index contributed by atoms with van der Waals surface area (Å²) in [6.45, 7) is 0.981. The molecule has 0 saturated heterocycles. The van der Waals surface area contributed by atoms with Gasteiger partial charge in [-0.3, -0.25) is 4.79 Å². The van der Waals surface area contributed by atoms with Gasteiger partial charge in [-0.05, 0) is 40.3 Å². The minimum absolute atomic E-state index is 0.0680. The number of carbonyl (C=O) groups excluding carboxylic acids is 1. The number of fused-ring (bicyclic) bond motifs is 1. The van der Waals surface area contributed by atoms with E-state index >= 15 is 0 Å². The van der Waals surface area contributed by atoms with Crippen LogP contribution in [0.3, 0.4) is 0 Å². The van der Waals surface area contributed by atoms with Gasteiger partial charge in [-0.2, -0.15) is 0 Å². The molecular weight excluding hydrogens is 398 g/mol. The van der Waals surface area contributed by atoms with Crippen LogP contribution in [-0.4, -0.2) is 24.9 Å². The third-order valence-corrected chi connectivity index (χ3v) is 5.36. The smallest absolute Gasteiger partial charge is 0.226 e. The van der Waals surface area contributed by atoms with Crippen LogP contribution in [0.1, 0.15) is 16.7 Å². The number of nitrogens with zero attached hydrogens (tertiary/aromatic N) is 1. The number of hydrogen-bond acceptors (Lipinski definition) is 3. The molecule has 0 heterocycles. The predicted octanol–water partition coefficient (Wildman–Crippen LogP) is 5.63. The fourth-order valence-electron chi connectivity index (χ4n) is 3.55. The maximum Gasteiger partial charge on any atom is 0.226 e. The minimum atomic E-state index is 0.0680. The van der Waals surface area contributed by atoms with E-state index < -0.39 is 0 Å². The molecule has 0 aliphatic rings. The van der Waals surface area contributed by atoms with Crippen molar-refractivity contribution in [2.24, 2.45) is 0 Å². The summed E-state index contributed by atoms with van der Waals surface area (Å²) in [6, 6.07) is 30.1. The van der Waals surface area contributed by atoms with Gasteiger partial charge in [0.15, 0.2) is 0 Å². The first kappa shape index (κ1) is 21.4. The largest absolute Gasteiger partial charge is 0.489 e. The molecule has 4 aromatic carbocycles.